The maximum absolute atomic E-state index is 14.5. The number of carbonyl (C=O) groups excluding carboxylic acids is 5. The largest absolute Gasteiger partial charge is 0.350 e. The number of likely N-dealkylation sites (N-methyl/N-ethyl adjacent to an activating group) is 1. The van der Waals surface area contributed by atoms with Crippen LogP contribution in [0.15, 0.2) is 0 Å². The van der Waals surface area contributed by atoms with E-state index in [2.05, 4.69) is 35.1 Å². The minimum Gasteiger partial charge on any atom is -0.350 e. The second-order valence-electron chi connectivity index (χ2n) is 16.8. The fourth-order valence-electron chi connectivity index (χ4n) is 8.88. The third-order valence-electron chi connectivity index (χ3n) is 12.0. The normalized spacial score (nSPS) is 29.6. The first-order chi connectivity index (χ1) is 22.4. The highest BCUT2D eigenvalue weighted by Crippen LogP contribution is 2.65. The zero-order chi connectivity index (χ0) is 35.2. The summed E-state index contributed by atoms with van der Waals surface area (Å²) in [6.07, 6.45) is 8.09. The molecule has 5 rings (SSSR count). The van der Waals surface area contributed by atoms with Crippen molar-refractivity contribution in [2.24, 2.45) is 28.6 Å². The van der Waals surface area contributed by atoms with Gasteiger partial charge in [-0.2, -0.15) is 0 Å². The molecule has 0 aromatic carbocycles. The molecule has 2 saturated heterocycles. The van der Waals surface area contributed by atoms with Crippen molar-refractivity contribution >= 4 is 39.4 Å². The summed E-state index contributed by atoms with van der Waals surface area (Å²) < 4.78 is 26.1. The molecular weight excluding hydrogens is 634 g/mol. The number of carbonyl (C=O) groups is 5. The lowest BCUT2D eigenvalue weighted by Gasteiger charge is -2.43. The fraction of sp³-hybridized carbons (Fsp3) is 0.857. The van der Waals surface area contributed by atoms with Gasteiger partial charge in [-0.05, 0) is 74.0 Å². The molecular formula is C35H57N5O7S. The van der Waals surface area contributed by atoms with Crippen LogP contribution in [0.3, 0.4) is 0 Å². The number of fused-ring (bicyclic) bond motifs is 1. The van der Waals surface area contributed by atoms with E-state index in [0.29, 0.717) is 51.1 Å². The predicted molar refractivity (Wildman–Crippen MR) is 181 cm³/mol. The molecule has 0 aromatic heterocycles. The number of hydrogen-bond acceptors (Lipinski definition) is 7. The smallest absolute Gasteiger partial charge is 0.315 e. The maximum Gasteiger partial charge on any atom is 0.315 e. The van der Waals surface area contributed by atoms with Gasteiger partial charge < -0.3 is 26.2 Å². The highest BCUT2D eigenvalue weighted by molar-refractivity contribution is 7.92. The Morgan fingerprint density at radius 1 is 0.938 bits per heavy atom. The minimum absolute atomic E-state index is 0.0775. The first-order valence-electron chi connectivity index (χ1n) is 18.2. The van der Waals surface area contributed by atoms with Crippen molar-refractivity contribution in [2.75, 3.05) is 18.8 Å². The topological polar surface area (TPSA) is 171 Å². The van der Waals surface area contributed by atoms with E-state index < -0.39 is 73.7 Å². The zero-order valence-electron chi connectivity index (χ0n) is 29.7. The number of nitrogens with one attached hydrogen (secondary N) is 4. The van der Waals surface area contributed by atoms with Crippen LogP contribution in [-0.4, -0.2) is 90.6 Å². The Morgan fingerprint density at radius 2 is 1.60 bits per heavy atom. The van der Waals surface area contributed by atoms with Gasteiger partial charge in [-0.3, -0.25) is 19.2 Å². The molecule has 0 bridgehead atoms. The molecule has 3 saturated carbocycles. The van der Waals surface area contributed by atoms with Gasteiger partial charge in [0.1, 0.15) is 12.1 Å². The van der Waals surface area contributed by atoms with Crippen molar-refractivity contribution in [1.29, 1.82) is 0 Å². The number of sulfone groups is 1. The Labute approximate surface area is 286 Å². The van der Waals surface area contributed by atoms with E-state index in [1.165, 1.54) is 0 Å². The number of nitrogens with zero attached hydrogens (tertiary/aromatic N) is 1. The molecule has 0 radical (unpaired) electrons. The van der Waals surface area contributed by atoms with Crippen molar-refractivity contribution < 1.29 is 32.4 Å². The summed E-state index contributed by atoms with van der Waals surface area (Å²) in [7, 11) is -3.35. The Morgan fingerprint density at radius 3 is 2.17 bits per heavy atom. The average molecular weight is 692 g/mol. The van der Waals surface area contributed by atoms with Crippen LogP contribution in [0.2, 0.25) is 0 Å². The van der Waals surface area contributed by atoms with Gasteiger partial charge in [-0.1, -0.05) is 66.7 Å². The molecule has 270 valence electrons. The van der Waals surface area contributed by atoms with Crippen LogP contribution in [0.1, 0.15) is 112 Å². The van der Waals surface area contributed by atoms with E-state index in [1.807, 2.05) is 20.8 Å². The number of amides is 5. The summed E-state index contributed by atoms with van der Waals surface area (Å²) in [5.74, 6) is -1.69. The van der Waals surface area contributed by atoms with Crippen LogP contribution in [-0.2, 0) is 29.0 Å². The molecule has 3 aliphatic carbocycles. The lowest BCUT2D eigenvalue weighted by Crippen LogP contribution is -2.65. The maximum atomic E-state index is 14.5. The quantitative estimate of drug-likeness (QED) is 0.228. The van der Waals surface area contributed by atoms with Crippen molar-refractivity contribution in [3.8, 4) is 0 Å². The van der Waals surface area contributed by atoms with Crippen molar-refractivity contribution in [3.05, 3.63) is 0 Å². The molecule has 5 amide bonds. The minimum atomic E-state index is -3.35. The van der Waals surface area contributed by atoms with Crippen molar-refractivity contribution in [1.82, 2.24) is 26.2 Å². The molecule has 13 heteroatoms. The van der Waals surface area contributed by atoms with Gasteiger partial charge in [0.2, 0.25) is 17.6 Å². The molecule has 5 fully saturated rings. The first-order valence-corrected chi connectivity index (χ1v) is 19.9. The van der Waals surface area contributed by atoms with E-state index in [0.717, 1.165) is 38.5 Å². The zero-order valence-corrected chi connectivity index (χ0v) is 30.5. The summed E-state index contributed by atoms with van der Waals surface area (Å²) in [5.41, 5.74) is -1.80. The molecule has 48 heavy (non-hydrogen) atoms. The number of ketones is 1. The molecule has 12 nitrogen and oxygen atoms in total. The summed E-state index contributed by atoms with van der Waals surface area (Å²) in [4.78, 5) is 69.6. The van der Waals surface area contributed by atoms with E-state index in [1.54, 1.807) is 11.8 Å². The van der Waals surface area contributed by atoms with Gasteiger partial charge in [-0.25, -0.2) is 13.2 Å². The number of likely N-dealkylation sites (tertiary alicyclic amines) is 1. The van der Waals surface area contributed by atoms with Crippen LogP contribution in [0.5, 0.6) is 0 Å². The van der Waals surface area contributed by atoms with E-state index in [4.69, 9.17) is 0 Å². The molecule has 2 aliphatic heterocycles. The summed E-state index contributed by atoms with van der Waals surface area (Å²) >= 11 is 0. The summed E-state index contributed by atoms with van der Waals surface area (Å²) in [5, 5.41) is 10.8. The number of hydrogen-bond donors (Lipinski definition) is 4. The molecule has 0 aromatic rings. The highest BCUT2D eigenvalue weighted by atomic mass is 32.2. The monoisotopic (exact) mass is 691 g/mol. The first kappa shape index (κ1) is 36.6. The molecule has 5 aliphatic rings. The molecule has 4 N–H and O–H groups in total. The second-order valence-corrected chi connectivity index (χ2v) is 19.1. The lowest BCUT2D eigenvalue weighted by atomic mass is 9.78. The van der Waals surface area contributed by atoms with Gasteiger partial charge >= 0.3 is 6.03 Å². The lowest BCUT2D eigenvalue weighted by molar-refractivity contribution is -0.145. The molecule has 1 unspecified atom stereocenters. The third-order valence-corrected chi connectivity index (χ3v) is 14.4. The van der Waals surface area contributed by atoms with Crippen LogP contribution >= 0.6 is 0 Å². The molecule has 2 heterocycles. The Balaban J connectivity index is 1.35. The van der Waals surface area contributed by atoms with Gasteiger partial charge in [0, 0.05) is 13.1 Å². The Bertz CT molecular complexity index is 1400. The van der Waals surface area contributed by atoms with Crippen molar-refractivity contribution in [2.45, 2.75) is 141 Å². The Kier molecular flexibility index (Phi) is 10.3. The van der Waals surface area contributed by atoms with Gasteiger partial charge in [-0.15, -0.1) is 0 Å². The SMILES string of the molecule is CCNC(=O)C(=O)C(CCC1CC1)NC(=O)[C@@H]1[C@@H]2[C@H](CN1C(=O)[C@@H](NC(=O)NC1([C@@H]3CCCS3(=O)=O)CCCCC1)C(C)(C)C)C2(C)C. The predicted octanol–water partition coefficient (Wildman–Crippen LogP) is 2.84. The molecule has 6 atom stereocenters. The number of urea groups is 1. The fourth-order valence-corrected chi connectivity index (χ4v) is 11.2. The summed E-state index contributed by atoms with van der Waals surface area (Å²) in [6, 6.07) is -3.42. The Hall–Kier alpha value is -2.70. The average Bonchev–Trinajstić information content (AvgIpc) is 3.80. The van der Waals surface area contributed by atoms with Crippen molar-refractivity contribution in [3.63, 3.8) is 0 Å². The standard InChI is InChI=1S/C35H57N5O7S/c1-7-36-30(43)27(41)23(16-15-21-13-14-21)37-29(42)26-25-22(34(25,5)6)20-40(26)31(44)28(33(2,3)4)38-32(45)39-35(17-9-8-10-18-35)24-12-11-19-48(24,46)47/h21-26,28H,7-20H2,1-6H3,(H,36,43)(H,37,42)(H2,38,39,45)/t22-,23?,24-,25-,26-,28+/m0/s1. The van der Waals surface area contributed by atoms with Gasteiger partial charge in [0.25, 0.3) is 5.91 Å². The van der Waals surface area contributed by atoms with Crippen LogP contribution in [0.25, 0.3) is 0 Å². The van der Waals surface area contributed by atoms with E-state index >= 15 is 0 Å². The highest BCUT2D eigenvalue weighted by Gasteiger charge is 2.70. The second kappa shape index (κ2) is 13.5. The van der Waals surface area contributed by atoms with Gasteiger partial charge in [0.15, 0.2) is 9.84 Å². The van der Waals surface area contributed by atoms with Crippen LogP contribution in [0, 0.1) is 28.6 Å². The van der Waals surface area contributed by atoms with Crippen LogP contribution in [0.4, 0.5) is 4.79 Å². The number of Topliss-reactive ketones (excluding diaryl/α,β-unsaturated/α-hetero) is 1. The van der Waals surface area contributed by atoms with Crippen LogP contribution < -0.4 is 21.3 Å². The number of piperidine rings is 1. The molecule has 0 spiro atoms. The van der Waals surface area contributed by atoms with Gasteiger partial charge in [0.05, 0.1) is 22.6 Å². The third kappa shape index (κ3) is 7.40. The number of rotatable bonds is 12. The summed E-state index contributed by atoms with van der Waals surface area (Å²) in [6.45, 7) is 12.1. The van der Waals surface area contributed by atoms with E-state index in [-0.39, 0.29) is 23.0 Å². The van der Waals surface area contributed by atoms with E-state index in [9.17, 15) is 32.4 Å².